The fourth-order valence-corrected chi connectivity index (χ4v) is 4.26. The molecule has 2 aromatic carbocycles. The number of urea groups is 1. The molecule has 1 fully saturated rings. The van der Waals surface area contributed by atoms with Gasteiger partial charge in [0.2, 0.25) is 0 Å². The number of aliphatic hydroxyl groups excluding tert-OH is 1. The smallest absolute Gasteiger partial charge is 0.315 e. The van der Waals surface area contributed by atoms with Crippen molar-refractivity contribution in [3.05, 3.63) is 65.2 Å². The summed E-state index contributed by atoms with van der Waals surface area (Å²) in [5, 5.41) is 17.1. The van der Waals surface area contributed by atoms with Gasteiger partial charge in [-0.05, 0) is 67.6 Å². The van der Waals surface area contributed by atoms with E-state index in [1.165, 1.54) is 12.8 Å². The molecule has 6 nitrogen and oxygen atoms in total. The van der Waals surface area contributed by atoms with E-state index in [1.54, 1.807) is 0 Å². The number of hydrogen-bond donors (Lipinski definition) is 3. The maximum absolute atomic E-state index is 12.6. The molecular formula is C24H31N3O3. The summed E-state index contributed by atoms with van der Waals surface area (Å²) in [5.41, 5.74) is 3.00. The zero-order chi connectivity index (χ0) is 20.8. The molecule has 160 valence electrons. The van der Waals surface area contributed by atoms with Crippen LogP contribution in [0.1, 0.15) is 42.1 Å². The summed E-state index contributed by atoms with van der Waals surface area (Å²) in [6, 6.07) is 15.0. The summed E-state index contributed by atoms with van der Waals surface area (Å²) in [4.78, 5) is 14.9. The number of aryl methyl sites for hydroxylation is 1. The third-order valence-corrected chi connectivity index (χ3v) is 5.92. The molecule has 2 aliphatic heterocycles. The second kappa shape index (κ2) is 9.96. The molecule has 0 saturated carbocycles. The second-order valence-electron chi connectivity index (χ2n) is 8.19. The summed E-state index contributed by atoms with van der Waals surface area (Å²) in [7, 11) is 0. The highest BCUT2D eigenvalue weighted by Gasteiger charge is 2.27. The molecule has 30 heavy (non-hydrogen) atoms. The second-order valence-corrected chi connectivity index (χ2v) is 8.19. The van der Waals surface area contributed by atoms with Gasteiger partial charge in [-0.3, -0.25) is 0 Å². The largest absolute Gasteiger partial charge is 0.493 e. The first kappa shape index (κ1) is 20.7. The number of hydrogen-bond acceptors (Lipinski definition) is 4. The number of aliphatic hydroxyl groups is 1. The Morgan fingerprint density at radius 2 is 1.90 bits per heavy atom. The van der Waals surface area contributed by atoms with Crippen molar-refractivity contribution in [1.29, 1.82) is 0 Å². The molecule has 0 unspecified atom stereocenters. The van der Waals surface area contributed by atoms with Crippen molar-refractivity contribution in [2.24, 2.45) is 0 Å². The standard InChI is InChI=1S/C24H31N3O3/c28-23(20-10-11-22-19(15-20)9-6-14-30-22)21(17-27-12-4-5-13-27)26-24(29)25-16-18-7-2-1-3-8-18/h1-3,7-8,10-11,15,21,23,28H,4-6,9,12-14,16-17H2,(H2,25,26,29)/t21-,23-/m1/s1. The summed E-state index contributed by atoms with van der Waals surface area (Å²) in [6.45, 7) is 3.85. The third-order valence-electron chi connectivity index (χ3n) is 5.92. The van der Waals surface area contributed by atoms with Crippen LogP contribution in [0.2, 0.25) is 0 Å². The van der Waals surface area contributed by atoms with Crippen LogP contribution in [0.3, 0.4) is 0 Å². The average molecular weight is 410 g/mol. The number of nitrogens with one attached hydrogen (secondary N) is 2. The summed E-state index contributed by atoms with van der Waals surface area (Å²) < 4.78 is 5.70. The SMILES string of the molecule is O=C(NCc1ccccc1)N[C@H](CN1CCCC1)[C@H](O)c1ccc2c(c1)CCCO2. The topological polar surface area (TPSA) is 73.8 Å². The maximum Gasteiger partial charge on any atom is 0.315 e. The van der Waals surface area contributed by atoms with Crippen molar-refractivity contribution in [2.45, 2.75) is 44.4 Å². The fourth-order valence-electron chi connectivity index (χ4n) is 4.26. The van der Waals surface area contributed by atoms with Crippen LogP contribution < -0.4 is 15.4 Å². The Labute approximate surface area is 178 Å². The Kier molecular flexibility index (Phi) is 6.87. The van der Waals surface area contributed by atoms with Crippen molar-refractivity contribution in [2.75, 3.05) is 26.2 Å². The van der Waals surface area contributed by atoms with Crippen LogP contribution in [-0.2, 0) is 13.0 Å². The van der Waals surface area contributed by atoms with Crippen LogP contribution in [0.15, 0.2) is 48.5 Å². The lowest BCUT2D eigenvalue weighted by atomic mass is 9.96. The molecule has 2 aromatic rings. The van der Waals surface area contributed by atoms with Gasteiger partial charge in [-0.2, -0.15) is 0 Å². The Bertz CT molecular complexity index is 837. The molecule has 2 amide bonds. The predicted molar refractivity (Wildman–Crippen MR) is 116 cm³/mol. The van der Waals surface area contributed by atoms with E-state index >= 15 is 0 Å². The number of fused-ring (bicyclic) bond motifs is 1. The molecule has 0 aromatic heterocycles. The molecular weight excluding hydrogens is 378 g/mol. The molecule has 3 N–H and O–H groups in total. The first-order valence-electron chi connectivity index (χ1n) is 10.9. The van der Waals surface area contributed by atoms with Crippen molar-refractivity contribution in [3.63, 3.8) is 0 Å². The predicted octanol–water partition coefficient (Wildman–Crippen LogP) is 3.01. The van der Waals surface area contributed by atoms with Gasteiger partial charge in [-0.25, -0.2) is 4.79 Å². The van der Waals surface area contributed by atoms with E-state index in [2.05, 4.69) is 15.5 Å². The van der Waals surface area contributed by atoms with Crippen LogP contribution in [0.4, 0.5) is 4.79 Å². The number of carbonyl (C=O) groups is 1. The average Bonchev–Trinajstić information content (AvgIpc) is 3.30. The minimum absolute atomic E-state index is 0.261. The van der Waals surface area contributed by atoms with Crippen LogP contribution in [0.25, 0.3) is 0 Å². The minimum Gasteiger partial charge on any atom is -0.493 e. The van der Waals surface area contributed by atoms with Crippen molar-refractivity contribution in [3.8, 4) is 5.75 Å². The van der Waals surface area contributed by atoms with Gasteiger partial charge in [-0.1, -0.05) is 36.4 Å². The number of nitrogens with zero attached hydrogens (tertiary/aromatic N) is 1. The Morgan fingerprint density at radius 3 is 2.70 bits per heavy atom. The lowest BCUT2D eigenvalue weighted by Gasteiger charge is -2.29. The van der Waals surface area contributed by atoms with E-state index in [0.717, 1.165) is 55.0 Å². The summed E-state index contributed by atoms with van der Waals surface area (Å²) in [5.74, 6) is 0.904. The van der Waals surface area contributed by atoms with E-state index in [0.29, 0.717) is 13.1 Å². The van der Waals surface area contributed by atoms with E-state index in [-0.39, 0.29) is 12.1 Å². The Balaban J connectivity index is 1.43. The first-order valence-corrected chi connectivity index (χ1v) is 10.9. The lowest BCUT2D eigenvalue weighted by Crippen LogP contribution is -2.49. The molecule has 6 heteroatoms. The highest BCUT2D eigenvalue weighted by Crippen LogP contribution is 2.29. The molecule has 4 rings (SSSR count). The van der Waals surface area contributed by atoms with Gasteiger partial charge in [-0.15, -0.1) is 0 Å². The first-order chi connectivity index (χ1) is 14.7. The lowest BCUT2D eigenvalue weighted by molar-refractivity contribution is 0.109. The molecule has 2 aliphatic rings. The number of likely N-dealkylation sites (tertiary alicyclic amines) is 1. The molecule has 2 heterocycles. The minimum atomic E-state index is -0.777. The van der Waals surface area contributed by atoms with Crippen LogP contribution in [-0.4, -0.2) is 48.3 Å². The van der Waals surface area contributed by atoms with Gasteiger partial charge in [0.15, 0.2) is 0 Å². The Morgan fingerprint density at radius 1 is 1.10 bits per heavy atom. The normalized spacial score (nSPS) is 18.2. The van der Waals surface area contributed by atoms with Crippen LogP contribution >= 0.6 is 0 Å². The van der Waals surface area contributed by atoms with Crippen molar-refractivity contribution in [1.82, 2.24) is 15.5 Å². The molecule has 1 saturated heterocycles. The van der Waals surface area contributed by atoms with E-state index < -0.39 is 6.10 Å². The fraction of sp³-hybridized carbons (Fsp3) is 0.458. The van der Waals surface area contributed by atoms with Gasteiger partial charge in [0, 0.05) is 13.1 Å². The Hall–Kier alpha value is -2.57. The van der Waals surface area contributed by atoms with E-state index in [9.17, 15) is 9.90 Å². The summed E-state index contributed by atoms with van der Waals surface area (Å²) in [6.07, 6.45) is 3.50. The third kappa shape index (κ3) is 5.32. The molecule has 2 atom stereocenters. The highest BCUT2D eigenvalue weighted by atomic mass is 16.5. The van der Waals surface area contributed by atoms with E-state index in [1.807, 2.05) is 48.5 Å². The van der Waals surface area contributed by atoms with Crippen molar-refractivity contribution < 1.29 is 14.6 Å². The van der Waals surface area contributed by atoms with Crippen LogP contribution in [0, 0.1) is 0 Å². The number of ether oxygens (including phenoxy) is 1. The van der Waals surface area contributed by atoms with E-state index in [4.69, 9.17) is 4.74 Å². The van der Waals surface area contributed by atoms with Crippen LogP contribution in [0.5, 0.6) is 5.75 Å². The number of amides is 2. The molecule has 0 aliphatic carbocycles. The van der Waals surface area contributed by atoms with Gasteiger partial charge in [0.05, 0.1) is 12.6 Å². The molecule has 0 spiro atoms. The quantitative estimate of drug-likeness (QED) is 0.657. The molecule has 0 radical (unpaired) electrons. The monoisotopic (exact) mass is 409 g/mol. The van der Waals surface area contributed by atoms with Crippen molar-refractivity contribution >= 4 is 6.03 Å². The molecule has 0 bridgehead atoms. The number of rotatable bonds is 7. The number of carbonyl (C=O) groups excluding carboxylic acids is 1. The highest BCUT2D eigenvalue weighted by molar-refractivity contribution is 5.74. The van der Waals surface area contributed by atoms with Gasteiger partial charge < -0.3 is 25.4 Å². The van der Waals surface area contributed by atoms with Gasteiger partial charge in [0.1, 0.15) is 11.9 Å². The number of benzene rings is 2. The zero-order valence-electron chi connectivity index (χ0n) is 17.3. The summed E-state index contributed by atoms with van der Waals surface area (Å²) >= 11 is 0. The van der Waals surface area contributed by atoms with Gasteiger partial charge in [0.25, 0.3) is 0 Å². The zero-order valence-corrected chi connectivity index (χ0v) is 17.3. The maximum atomic E-state index is 12.6. The van der Waals surface area contributed by atoms with Gasteiger partial charge >= 0.3 is 6.03 Å².